The highest BCUT2D eigenvalue weighted by Gasteiger charge is 2.23. The van der Waals surface area contributed by atoms with E-state index in [1.54, 1.807) is 6.92 Å². The van der Waals surface area contributed by atoms with Crippen molar-refractivity contribution < 1.29 is 5.11 Å². The number of hydrogen-bond donors (Lipinski definition) is 1. The fourth-order valence-corrected chi connectivity index (χ4v) is 2.75. The largest absolute Gasteiger partial charge is 0.372 e. The van der Waals surface area contributed by atoms with Gasteiger partial charge in [0.25, 0.3) is 0 Å². The first-order valence-electron chi connectivity index (χ1n) is 6.42. The SMILES string of the molecule is CCC1=C(C=NC(C)O)CCCC1C(C)=C(Cl)Cl. The van der Waals surface area contributed by atoms with Gasteiger partial charge in [-0.3, -0.25) is 4.99 Å². The first-order chi connectivity index (χ1) is 8.47. The van der Waals surface area contributed by atoms with E-state index in [1.807, 2.05) is 13.1 Å². The predicted octanol–water partition coefficient (Wildman–Crippen LogP) is 4.61. The highest BCUT2D eigenvalue weighted by molar-refractivity contribution is 6.56. The minimum absolute atomic E-state index is 0.323. The average Bonchev–Trinajstić information content (AvgIpc) is 2.34. The van der Waals surface area contributed by atoms with Crippen LogP contribution in [0, 0.1) is 5.92 Å². The third kappa shape index (κ3) is 4.11. The van der Waals surface area contributed by atoms with E-state index in [0.717, 1.165) is 31.3 Å². The van der Waals surface area contributed by atoms with Gasteiger partial charge in [-0.15, -0.1) is 0 Å². The molecule has 0 spiro atoms. The first-order valence-corrected chi connectivity index (χ1v) is 7.17. The van der Waals surface area contributed by atoms with Gasteiger partial charge in [0.2, 0.25) is 0 Å². The van der Waals surface area contributed by atoms with E-state index in [0.29, 0.717) is 10.4 Å². The molecule has 0 aliphatic heterocycles. The molecule has 0 bridgehead atoms. The van der Waals surface area contributed by atoms with E-state index < -0.39 is 6.23 Å². The van der Waals surface area contributed by atoms with E-state index in [4.69, 9.17) is 23.2 Å². The van der Waals surface area contributed by atoms with Crippen LogP contribution >= 0.6 is 23.2 Å². The number of aliphatic hydroxyl groups is 1. The molecule has 102 valence electrons. The van der Waals surface area contributed by atoms with Crippen molar-refractivity contribution in [2.24, 2.45) is 10.9 Å². The third-order valence-corrected chi connectivity index (χ3v) is 4.02. The van der Waals surface area contributed by atoms with Gasteiger partial charge in [0.15, 0.2) is 0 Å². The molecule has 0 saturated heterocycles. The molecule has 0 aromatic carbocycles. The molecule has 0 aromatic heterocycles. The van der Waals surface area contributed by atoms with Crippen molar-refractivity contribution in [1.29, 1.82) is 0 Å². The molecule has 2 nitrogen and oxygen atoms in total. The van der Waals surface area contributed by atoms with E-state index in [9.17, 15) is 5.11 Å². The second-order valence-electron chi connectivity index (χ2n) is 4.70. The summed E-state index contributed by atoms with van der Waals surface area (Å²) < 4.78 is 0.375. The Hall–Kier alpha value is -0.310. The molecule has 0 amide bonds. The lowest BCUT2D eigenvalue weighted by Gasteiger charge is -2.28. The molecule has 0 fully saturated rings. The van der Waals surface area contributed by atoms with Gasteiger partial charge in [-0.25, -0.2) is 0 Å². The van der Waals surface area contributed by atoms with Crippen LogP contribution in [0.1, 0.15) is 46.5 Å². The number of aliphatic imine (C=N–C) groups is 1. The molecule has 0 heterocycles. The molecule has 0 aromatic rings. The Morgan fingerprint density at radius 3 is 2.72 bits per heavy atom. The molecule has 1 N–H and O–H groups in total. The third-order valence-electron chi connectivity index (χ3n) is 3.42. The predicted molar refractivity (Wildman–Crippen MR) is 79.2 cm³/mol. The molecule has 0 radical (unpaired) electrons. The number of allylic oxidation sites excluding steroid dienone is 3. The normalized spacial score (nSPS) is 22.4. The standard InChI is InChI=1S/C14H21Cl2NO/c1-4-12-11(8-17-10(3)18)6-5-7-13(12)9(2)14(15)16/h8,10,13,18H,4-7H2,1-3H3. The quantitative estimate of drug-likeness (QED) is 0.753. The van der Waals surface area contributed by atoms with Gasteiger partial charge >= 0.3 is 0 Å². The van der Waals surface area contributed by atoms with Crippen molar-refractivity contribution in [2.75, 3.05) is 0 Å². The lowest BCUT2D eigenvalue weighted by atomic mass is 9.78. The second-order valence-corrected chi connectivity index (χ2v) is 5.65. The van der Waals surface area contributed by atoms with Crippen LogP contribution in [0.3, 0.4) is 0 Å². The summed E-state index contributed by atoms with van der Waals surface area (Å²) in [6, 6.07) is 0. The van der Waals surface area contributed by atoms with Crippen LogP contribution in [0.2, 0.25) is 0 Å². The maximum Gasteiger partial charge on any atom is 0.142 e. The van der Waals surface area contributed by atoms with Crippen LogP contribution in [-0.2, 0) is 0 Å². The molecule has 1 aliphatic carbocycles. The fraction of sp³-hybridized carbons (Fsp3) is 0.643. The van der Waals surface area contributed by atoms with E-state index >= 15 is 0 Å². The molecule has 2 unspecified atom stereocenters. The summed E-state index contributed by atoms with van der Waals surface area (Å²) in [4.78, 5) is 4.08. The average molecular weight is 290 g/mol. The topological polar surface area (TPSA) is 32.6 Å². The van der Waals surface area contributed by atoms with Gasteiger partial charge in [-0.05, 0) is 50.7 Å². The van der Waals surface area contributed by atoms with Gasteiger partial charge in [0.1, 0.15) is 10.7 Å². The Kier molecular flexibility index (Phi) is 6.40. The smallest absolute Gasteiger partial charge is 0.142 e. The summed E-state index contributed by atoms with van der Waals surface area (Å²) in [7, 11) is 0. The Morgan fingerprint density at radius 1 is 1.56 bits per heavy atom. The molecule has 1 rings (SSSR count). The van der Waals surface area contributed by atoms with Crippen LogP contribution in [0.5, 0.6) is 0 Å². The molecule has 0 saturated carbocycles. The second kappa shape index (κ2) is 7.32. The molecule has 1 aliphatic rings. The Balaban J connectivity index is 3.08. The van der Waals surface area contributed by atoms with Crippen molar-refractivity contribution in [1.82, 2.24) is 0 Å². The molecular weight excluding hydrogens is 269 g/mol. The highest BCUT2D eigenvalue weighted by Crippen LogP contribution is 2.38. The summed E-state index contributed by atoms with van der Waals surface area (Å²) >= 11 is 11.8. The van der Waals surface area contributed by atoms with Crippen LogP contribution < -0.4 is 0 Å². The number of halogens is 2. The number of aliphatic hydroxyl groups excluding tert-OH is 1. The number of nitrogens with zero attached hydrogens (tertiary/aromatic N) is 1. The van der Waals surface area contributed by atoms with Gasteiger partial charge in [-0.2, -0.15) is 0 Å². The highest BCUT2D eigenvalue weighted by atomic mass is 35.5. The summed E-state index contributed by atoms with van der Waals surface area (Å²) in [5.74, 6) is 0.323. The van der Waals surface area contributed by atoms with E-state index in [-0.39, 0.29) is 0 Å². The minimum Gasteiger partial charge on any atom is -0.372 e. The van der Waals surface area contributed by atoms with Crippen LogP contribution in [0.4, 0.5) is 0 Å². The Bertz CT molecular complexity index is 379. The van der Waals surface area contributed by atoms with Crippen molar-refractivity contribution >= 4 is 29.4 Å². The van der Waals surface area contributed by atoms with Gasteiger partial charge in [0.05, 0.1) is 0 Å². The van der Waals surface area contributed by atoms with E-state index in [2.05, 4.69) is 11.9 Å². The van der Waals surface area contributed by atoms with Crippen molar-refractivity contribution in [2.45, 2.75) is 52.7 Å². The summed E-state index contributed by atoms with van der Waals surface area (Å²) in [5, 5.41) is 9.23. The van der Waals surface area contributed by atoms with Crippen molar-refractivity contribution in [3.8, 4) is 0 Å². The number of hydrogen-bond acceptors (Lipinski definition) is 2. The maximum atomic E-state index is 9.23. The van der Waals surface area contributed by atoms with Crippen molar-refractivity contribution in [3.63, 3.8) is 0 Å². The zero-order chi connectivity index (χ0) is 13.7. The zero-order valence-corrected chi connectivity index (χ0v) is 12.7. The summed E-state index contributed by atoms with van der Waals surface area (Å²) in [6.45, 7) is 5.79. The molecular formula is C14H21Cl2NO. The molecule has 18 heavy (non-hydrogen) atoms. The van der Waals surface area contributed by atoms with Crippen molar-refractivity contribution in [3.05, 3.63) is 21.2 Å². The van der Waals surface area contributed by atoms with Gasteiger partial charge in [-0.1, -0.05) is 35.7 Å². The van der Waals surface area contributed by atoms with Crippen LogP contribution in [-0.4, -0.2) is 17.5 Å². The lowest BCUT2D eigenvalue weighted by Crippen LogP contribution is -2.15. The fourth-order valence-electron chi connectivity index (χ4n) is 2.48. The number of rotatable bonds is 4. The molecule has 4 heteroatoms. The monoisotopic (exact) mass is 289 g/mol. The summed E-state index contributed by atoms with van der Waals surface area (Å²) in [6.07, 6.45) is 5.33. The van der Waals surface area contributed by atoms with E-state index in [1.165, 1.54) is 11.1 Å². The molecule has 2 atom stereocenters. The van der Waals surface area contributed by atoms with Gasteiger partial charge < -0.3 is 5.11 Å². The lowest BCUT2D eigenvalue weighted by molar-refractivity contribution is 0.206. The Morgan fingerprint density at radius 2 is 2.22 bits per heavy atom. The Labute approximate surface area is 119 Å². The van der Waals surface area contributed by atoms with Crippen LogP contribution in [0.15, 0.2) is 26.2 Å². The maximum absolute atomic E-state index is 9.23. The minimum atomic E-state index is -0.649. The van der Waals surface area contributed by atoms with Gasteiger partial charge in [0, 0.05) is 12.1 Å². The van der Waals surface area contributed by atoms with Crippen LogP contribution in [0.25, 0.3) is 0 Å². The summed E-state index contributed by atoms with van der Waals surface area (Å²) in [5.41, 5.74) is 3.61. The first kappa shape index (κ1) is 15.7. The zero-order valence-electron chi connectivity index (χ0n) is 11.2.